The highest BCUT2D eigenvalue weighted by atomic mass is 32.2. The summed E-state index contributed by atoms with van der Waals surface area (Å²) in [4.78, 5) is 25.5. The zero-order valence-electron chi connectivity index (χ0n) is 12.3. The smallest absolute Gasteiger partial charge is 0.310 e. The number of carbonyl (C=O) groups excluding carboxylic acids is 2. The van der Waals surface area contributed by atoms with E-state index in [2.05, 4.69) is 5.32 Å². The normalized spacial score (nSPS) is 12.2. The molecule has 1 rings (SSSR count). The molecule has 1 atom stereocenters. The van der Waals surface area contributed by atoms with Crippen LogP contribution in [0.4, 0.5) is 0 Å². The minimum atomic E-state index is -0.290. The summed E-state index contributed by atoms with van der Waals surface area (Å²) in [7, 11) is 1.38. The molecular formula is C14H21NO3S2. The number of rotatable bonds is 7. The van der Waals surface area contributed by atoms with Gasteiger partial charge < -0.3 is 10.1 Å². The molecule has 1 heterocycles. The van der Waals surface area contributed by atoms with E-state index >= 15 is 0 Å². The Kier molecular flexibility index (Phi) is 7.09. The van der Waals surface area contributed by atoms with Crippen LogP contribution in [0.15, 0.2) is 16.3 Å². The van der Waals surface area contributed by atoms with Gasteiger partial charge in [0, 0.05) is 11.4 Å². The molecule has 0 aliphatic heterocycles. The van der Waals surface area contributed by atoms with Crippen molar-refractivity contribution in [3.63, 3.8) is 0 Å². The molecule has 1 aromatic rings. The van der Waals surface area contributed by atoms with Gasteiger partial charge in [-0.1, -0.05) is 13.8 Å². The first-order valence-electron chi connectivity index (χ1n) is 6.47. The Morgan fingerprint density at radius 1 is 1.45 bits per heavy atom. The second kappa shape index (κ2) is 8.32. The van der Waals surface area contributed by atoms with Crippen molar-refractivity contribution >= 4 is 35.0 Å². The maximum Gasteiger partial charge on any atom is 0.310 e. The second-order valence-electron chi connectivity index (χ2n) is 4.88. The van der Waals surface area contributed by atoms with Gasteiger partial charge >= 0.3 is 5.97 Å². The molecule has 1 N–H and O–H groups in total. The van der Waals surface area contributed by atoms with E-state index in [4.69, 9.17) is 4.74 Å². The van der Waals surface area contributed by atoms with Crippen molar-refractivity contribution in [2.24, 2.45) is 11.8 Å². The van der Waals surface area contributed by atoms with Crippen LogP contribution in [0, 0.1) is 11.8 Å². The van der Waals surface area contributed by atoms with Crippen LogP contribution in [0.1, 0.15) is 29.9 Å². The van der Waals surface area contributed by atoms with Crippen LogP contribution in [0.2, 0.25) is 0 Å². The van der Waals surface area contributed by atoms with E-state index in [-0.39, 0.29) is 17.8 Å². The average Bonchev–Trinajstić information content (AvgIpc) is 2.90. The fourth-order valence-corrected chi connectivity index (χ4v) is 3.58. The zero-order valence-corrected chi connectivity index (χ0v) is 13.9. The topological polar surface area (TPSA) is 55.4 Å². The minimum absolute atomic E-state index is 0.123. The Labute approximate surface area is 128 Å². The Morgan fingerprint density at radius 3 is 2.70 bits per heavy atom. The van der Waals surface area contributed by atoms with Gasteiger partial charge in [-0.25, -0.2) is 0 Å². The molecule has 1 amide bonds. The first kappa shape index (κ1) is 17.0. The summed E-state index contributed by atoms with van der Waals surface area (Å²) < 4.78 is 4.79. The molecule has 0 aliphatic rings. The highest BCUT2D eigenvalue weighted by Crippen LogP contribution is 2.25. The van der Waals surface area contributed by atoms with Gasteiger partial charge in [0.1, 0.15) is 4.88 Å². The molecule has 0 saturated heterocycles. The lowest BCUT2D eigenvalue weighted by atomic mass is 9.97. The molecule has 0 aliphatic carbocycles. The molecule has 0 spiro atoms. The largest absolute Gasteiger partial charge is 0.469 e. The van der Waals surface area contributed by atoms with Crippen LogP contribution in [0.5, 0.6) is 0 Å². The minimum Gasteiger partial charge on any atom is -0.469 e. The van der Waals surface area contributed by atoms with Crippen molar-refractivity contribution in [3.8, 4) is 0 Å². The highest BCUT2D eigenvalue weighted by Gasteiger charge is 2.22. The third-order valence-corrected chi connectivity index (χ3v) is 4.68. The first-order valence-corrected chi connectivity index (χ1v) is 8.57. The van der Waals surface area contributed by atoms with Crippen LogP contribution >= 0.6 is 23.1 Å². The third-order valence-electron chi connectivity index (χ3n) is 2.85. The molecule has 0 aromatic carbocycles. The van der Waals surface area contributed by atoms with E-state index in [1.807, 2.05) is 31.5 Å². The van der Waals surface area contributed by atoms with Gasteiger partial charge in [-0.15, -0.1) is 23.1 Å². The van der Waals surface area contributed by atoms with Gasteiger partial charge in [0.05, 0.1) is 13.0 Å². The van der Waals surface area contributed by atoms with E-state index < -0.39 is 0 Å². The number of hydrogen-bond donors (Lipinski definition) is 1. The molecule has 20 heavy (non-hydrogen) atoms. The van der Waals surface area contributed by atoms with Crippen molar-refractivity contribution < 1.29 is 14.3 Å². The Bertz CT molecular complexity index is 457. The van der Waals surface area contributed by atoms with Gasteiger partial charge in [-0.2, -0.15) is 0 Å². The predicted octanol–water partition coefficient (Wildman–Crippen LogP) is 3.04. The van der Waals surface area contributed by atoms with E-state index in [0.717, 1.165) is 4.90 Å². The Hall–Kier alpha value is -1.01. The summed E-state index contributed by atoms with van der Waals surface area (Å²) in [6.07, 6.45) is 2.64. The number of amides is 1. The van der Waals surface area contributed by atoms with Gasteiger partial charge in [-0.3, -0.25) is 9.59 Å². The number of esters is 1. The van der Waals surface area contributed by atoms with E-state index in [1.165, 1.54) is 18.4 Å². The fourth-order valence-electron chi connectivity index (χ4n) is 1.92. The standard InChI is InChI=1S/C14H21NO3S2/c1-9(2)7-10(14(17)18-3)8-15-13(16)12-11(19-4)5-6-20-12/h5-6,9-10H,7-8H2,1-4H3,(H,15,16). The lowest BCUT2D eigenvalue weighted by Crippen LogP contribution is -2.34. The molecule has 0 radical (unpaired) electrons. The van der Waals surface area contributed by atoms with Crippen molar-refractivity contribution in [2.75, 3.05) is 19.9 Å². The molecule has 0 saturated carbocycles. The molecule has 4 nitrogen and oxygen atoms in total. The zero-order chi connectivity index (χ0) is 15.1. The molecule has 112 valence electrons. The number of nitrogens with one attached hydrogen (secondary N) is 1. The fraction of sp³-hybridized carbons (Fsp3) is 0.571. The van der Waals surface area contributed by atoms with Gasteiger partial charge in [0.25, 0.3) is 5.91 Å². The van der Waals surface area contributed by atoms with Gasteiger partial charge in [0.2, 0.25) is 0 Å². The lowest BCUT2D eigenvalue weighted by molar-refractivity contribution is -0.145. The first-order chi connectivity index (χ1) is 9.49. The summed E-state index contributed by atoms with van der Waals surface area (Å²) in [5, 5.41) is 4.73. The Balaban J connectivity index is 2.63. The summed E-state index contributed by atoms with van der Waals surface area (Å²) in [6, 6.07) is 1.93. The number of methoxy groups -OCH3 is 1. The molecule has 0 fully saturated rings. The summed E-state index contributed by atoms with van der Waals surface area (Å²) in [6.45, 7) is 4.40. The maximum absolute atomic E-state index is 12.1. The summed E-state index contributed by atoms with van der Waals surface area (Å²) >= 11 is 2.96. The number of ether oxygens (including phenoxy) is 1. The SMILES string of the molecule is COC(=O)C(CNC(=O)c1sccc1SC)CC(C)C. The lowest BCUT2D eigenvalue weighted by Gasteiger charge is -2.17. The van der Waals surface area contributed by atoms with Crippen molar-refractivity contribution in [1.29, 1.82) is 0 Å². The van der Waals surface area contributed by atoms with Crippen LogP contribution in [-0.2, 0) is 9.53 Å². The van der Waals surface area contributed by atoms with Crippen LogP contribution in [-0.4, -0.2) is 31.8 Å². The van der Waals surface area contributed by atoms with Gasteiger partial charge in [-0.05, 0) is 30.0 Å². The molecule has 1 unspecified atom stereocenters. The second-order valence-corrected chi connectivity index (χ2v) is 6.64. The van der Waals surface area contributed by atoms with Crippen LogP contribution < -0.4 is 5.32 Å². The van der Waals surface area contributed by atoms with E-state index in [0.29, 0.717) is 23.8 Å². The van der Waals surface area contributed by atoms with Crippen molar-refractivity contribution in [3.05, 3.63) is 16.3 Å². The number of hydrogen-bond acceptors (Lipinski definition) is 5. The Morgan fingerprint density at radius 2 is 2.15 bits per heavy atom. The number of carbonyl (C=O) groups is 2. The van der Waals surface area contributed by atoms with E-state index in [1.54, 1.807) is 11.8 Å². The third kappa shape index (κ3) is 4.83. The van der Waals surface area contributed by atoms with E-state index in [9.17, 15) is 9.59 Å². The summed E-state index contributed by atoms with van der Waals surface area (Å²) in [5.41, 5.74) is 0. The highest BCUT2D eigenvalue weighted by molar-refractivity contribution is 7.98. The predicted molar refractivity (Wildman–Crippen MR) is 83.4 cm³/mol. The summed E-state index contributed by atoms with van der Waals surface area (Å²) in [5.74, 6) is -0.307. The number of thioether (sulfide) groups is 1. The van der Waals surface area contributed by atoms with Gasteiger partial charge in [0.15, 0.2) is 0 Å². The average molecular weight is 315 g/mol. The van der Waals surface area contributed by atoms with Crippen LogP contribution in [0.25, 0.3) is 0 Å². The maximum atomic E-state index is 12.1. The molecular weight excluding hydrogens is 294 g/mol. The molecule has 1 aromatic heterocycles. The van der Waals surface area contributed by atoms with Crippen molar-refractivity contribution in [1.82, 2.24) is 5.32 Å². The monoisotopic (exact) mass is 315 g/mol. The number of thiophene rings is 1. The quantitative estimate of drug-likeness (QED) is 0.621. The molecule has 6 heteroatoms. The molecule has 0 bridgehead atoms. The van der Waals surface area contributed by atoms with Crippen LogP contribution in [0.3, 0.4) is 0 Å². The van der Waals surface area contributed by atoms with Crippen molar-refractivity contribution in [2.45, 2.75) is 25.2 Å².